The van der Waals surface area contributed by atoms with Crippen LogP contribution >= 0.6 is 35.0 Å². The maximum atomic E-state index is 13.5. The van der Waals surface area contributed by atoms with Crippen molar-refractivity contribution >= 4 is 40.9 Å². The van der Waals surface area contributed by atoms with Crippen LogP contribution in [0.5, 0.6) is 0 Å². The van der Waals surface area contributed by atoms with Crippen LogP contribution in [-0.4, -0.2) is 32.2 Å². The van der Waals surface area contributed by atoms with Gasteiger partial charge in [0.2, 0.25) is 5.89 Å². The fraction of sp³-hybridized carbons (Fsp3) is 0.172. The van der Waals surface area contributed by atoms with Gasteiger partial charge in [-0.2, -0.15) is 13.2 Å². The lowest BCUT2D eigenvalue weighted by atomic mass is 10.1. The number of aromatic nitrogens is 4. The van der Waals surface area contributed by atoms with Crippen molar-refractivity contribution in [1.29, 1.82) is 0 Å². The first-order chi connectivity index (χ1) is 20.2. The molecule has 13 heteroatoms. The van der Waals surface area contributed by atoms with Gasteiger partial charge in [-0.05, 0) is 47.9 Å². The Morgan fingerprint density at radius 3 is 2.57 bits per heavy atom. The standard InChI is InChI=1S/C29H22Cl2F3N5O2S/c30-21-10-9-19(23(31)15-21)11-12-35-27(40)24-16-41-26(36-24)17-42-28-38-37-25(13-18-5-2-1-3-6-18)39(28)22-8-4-7-20(14-22)29(32,33)34/h1-10,14-16H,11-13,17H2,(H,35,40). The molecule has 5 aromatic rings. The third-order valence-corrected chi connectivity index (χ3v) is 7.64. The van der Waals surface area contributed by atoms with Crippen LogP contribution in [-0.2, 0) is 24.8 Å². The average Bonchev–Trinajstić information content (AvgIpc) is 3.60. The number of carbonyl (C=O) groups is 1. The minimum absolute atomic E-state index is 0.0944. The minimum Gasteiger partial charge on any atom is -0.447 e. The molecule has 1 amide bonds. The number of halogens is 5. The molecule has 0 aliphatic rings. The Morgan fingerprint density at radius 1 is 1.00 bits per heavy atom. The third-order valence-electron chi connectivity index (χ3n) is 6.14. The van der Waals surface area contributed by atoms with Gasteiger partial charge in [0.15, 0.2) is 10.9 Å². The van der Waals surface area contributed by atoms with Crippen molar-refractivity contribution in [3.05, 3.63) is 123 Å². The van der Waals surface area contributed by atoms with E-state index in [1.165, 1.54) is 24.1 Å². The second-order valence-corrected chi connectivity index (χ2v) is 10.9. The van der Waals surface area contributed by atoms with E-state index >= 15 is 0 Å². The quantitative estimate of drug-likeness (QED) is 0.161. The highest BCUT2D eigenvalue weighted by molar-refractivity contribution is 7.98. The molecule has 0 unspecified atom stereocenters. The molecule has 2 aromatic heterocycles. The maximum absolute atomic E-state index is 13.5. The Hall–Kier alpha value is -3.80. The van der Waals surface area contributed by atoms with E-state index in [1.807, 2.05) is 30.3 Å². The molecule has 0 atom stereocenters. The van der Waals surface area contributed by atoms with Crippen LogP contribution in [0.15, 0.2) is 88.6 Å². The maximum Gasteiger partial charge on any atom is 0.416 e. The molecule has 0 spiro atoms. The number of nitrogens with one attached hydrogen (secondary N) is 1. The molecule has 0 saturated heterocycles. The number of thioether (sulfide) groups is 1. The lowest BCUT2D eigenvalue weighted by molar-refractivity contribution is -0.137. The number of amides is 1. The number of benzene rings is 3. The highest BCUT2D eigenvalue weighted by atomic mass is 35.5. The summed E-state index contributed by atoms with van der Waals surface area (Å²) in [6.07, 6.45) is -2.40. The number of carbonyl (C=O) groups excluding carboxylic acids is 1. The van der Waals surface area contributed by atoms with Gasteiger partial charge in [-0.15, -0.1) is 10.2 Å². The number of nitrogens with zero attached hydrogens (tertiary/aromatic N) is 4. The average molecular weight is 632 g/mol. The lowest BCUT2D eigenvalue weighted by Gasteiger charge is -2.13. The molecule has 0 bridgehead atoms. The predicted molar refractivity (Wildman–Crippen MR) is 154 cm³/mol. The Bertz CT molecular complexity index is 1690. The van der Waals surface area contributed by atoms with E-state index in [1.54, 1.807) is 28.8 Å². The van der Waals surface area contributed by atoms with Gasteiger partial charge in [0.05, 0.1) is 17.0 Å². The Kier molecular flexibility index (Phi) is 9.20. The Balaban J connectivity index is 1.29. The zero-order valence-electron chi connectivity index (χ0n) is 21.7. The van der Waals surface area contributed by atoms with Gasteiger partial charge in [-0.3, -0.25) is 9.36 Å². The molecule has 42 heavy (non-hydrogen) atoms. The molecule has 0 radical (unpaired) electrons. The SMILES string of the molecule is O=C(NCCc1ccc(Cl)cc1Cl)c1coc(CSc2nnc(Cc3ccccc3)n2-c2cccc(C(F)(F)F)c2)n1. The van der Waals surface area contributed by atoms with Crippen molar-refractivity contribution < 1.29 is 22.4 Å². The fourth-order valence-corrected chi connectivity index (χ4v) is 5.43. The van der Waals surface area contributed by atoms with E-state index < -0.39 is 17.6 Å². The van der Waals surface area contributed by atoms with Crippen molar-refractivity contribution in [1.82, 2.24) is 25.1 Å². The highest BCUT2D eigenvalue weighted by Crippen LogP contribution is 2.32. The predicted octanol–water partition coefficient (Wildman–Crippen LogP) is 7.44. The van der Waals surface area contributed by atoms with Crippen molar-refractivity contribution in [2.45, 2.75) is 29.9 Å². The number of hydrogen-bond acceptors (Lipinski definition) is 6. The summed E-state index contributed by atoms with van der Waals surface area (Å²) in [5, 5.41) is 12.7. The third kappa shape index (κ3) is 7.33. The molecule has 0 aliphatic carbocycles. The molecular formula is C29H22Cl2F3N5O2S. The van der Waals surface area contributed by atoms with Gasteiger partial charge < -0.3 is 9.73 Å². The highest BCUT2D eigenvalue weighted by Gasteiger charge is 2.31. The topological polar surface area (TPSA) is 85.8 Å². The smallest absolute Gasteiger partial charge is 0.416 e. The molecule has 216 valence electrons. The van der Waals surface area contributed by atoms with E-state index in [0.717, 1.165) is 23.3 Å². The van der Waals surface area contributed by atoms with Gasteiger partial charge >= 0.3 is 6.18 Å². The zero-order valence-corrected chi connectivity index (χ0v) is 24.1. The minimum atomic E-state index is -4.51. The number of alkyl halides is 3. The summed E-state index contributed by atoms with van der Waals surface area (Å²) < 4.78 is 47.5. The van der Waals surface area contributed by atoms with Crippen LogP contribution in [0, 0.1) is 0 Å². The first-order valence-corrected chi connectivity index (χ1v) is 14.4. The largest absolute Gasteiger partial charge is 0.447 e. The molecule has 7 nitrogen and oxygen atoms in total. The van der Waals surface area contributed by atoms with Gasteiger partial charge in [0, 0.05) is 23.0 Å². The van der Waals surface area contributed by atoms with Crippen molar-refractivity contribution in [2.24, 2.45) is 0 Å². The van der Waals surface area contributed by atoms with Gasteiger partial charge in [0.25, 0.3) is 5.91 Å². The van der Waals surface area contributed by atoms with E-state index in [-0.39, 0.29) is 23.0 Å². The zero-order chi connectivity index (χ0) is 29.7. The summed E-state index contributed by atoms with van der Waals surface area (Å²) in [5.74, 6) is 0.457. The van der Waals surface area contributed by atoms with Crippen LogP contribution in [0.3, 0.4) is 0 Å². The van der Waals surface area contributed by atoms with Crippen LogP contribution in [0.2, 0.25) is 10.0 Å². The molecule has 0 fully saturated rings. The summed E-state index contributed by atoms with van der Waals surface area (Å²) in [6.45, 7) is 0.321. The summed E-state index contributed by atoms with van der Waals surface area (Å²) in [7, 11) is 0. The van der Waals surface area contributed by atoms with E-state index in [0.29, 0.717) is 40.4 Å². The van der Waals surface area contributed by atoms with Crippen molar-refractivity contribution in [2.75, 3.05) is 6.54 Å². The molecule has 0 aliphatic heterocycles. The molecule has 1 N–H and O–H groups in total. The number of hydrogen-bond donors (Lipinski definition) is 1. The molecular weight excluding hydrogens is 610 g/mol. The molecule has 3 aromatic carbocycles. The summed E-state index contributed by atoms with van der Waals surface area (Å²) in [5.41, 5.74) is 1.36. The number of oxazole rings is 1. The van der Waals surface area contributed by atoms with Gasteiger partial charge in [0.1, 0.15) is 12.1 Å². The second kappa shape index (κ2) is 13.0. The Labute approximate surface area is 253 Å². The van der Waals surface area contributed by atoms with E-state index in [2.05, 4.69) is 20.5 Å². The number of rotatable bonds is 10. The van der Waals surface area contributed by atoms with Crippen LogP contribution in [0.25, 0.3) is 5.69 Å². The molecule has 0 saturated carbocycles. The first-order valence-electron chi connectivity index (χ1n) is 12.6. The van der Waals surface area contributed by atoms with Crippen LogP contribution in [0.4, 0.5) is 13.2 Å². The van der Waals surface area contributed by atoms with E-state index in [9.17, 15) is 18.0 Å². The first kappa shape index (κ1) is 29.7. The Morgan fingerprint density at radius 2 is 1.81 bits per heavy atom. The van der Waals surface area contributed by atoms with Crippen molar-refractivity contribution in [3.63, 3.8) is 0 Å². The van der Waals surface area contributed by atoms with Crippen LogP contribution in [0.1, 0.15) is 38.9 Å². The fourth-order valence-electron chi connectivity index (χ4n) is 4.10. The lowest BCUT2D eigenvalue weighted by Crippen LogP contribution is -2.26. The molecule has 2 heterocycles. The van der Waals surface area contributed by atoms with Gasteiger partial charge in [-0.1, -0.05) is 77.4 Å². The normalized spacial score (nSPS) is 11.5. The van der Waals surface area contributed by atoms with E-state index in [4.69, 9.17) is 27.6 Å². The summed E-state index contributed by atoms with van der Waals surface area (Å²) >= 11 is 13.3. The van der Waals surface area contributed by atoms with Gasteiger partial charge in [-0.25, -0.2) is 4.98 Å². The van der Waals surface area contributed by atoms with Crippen LogP contribution < -0.4 is 5.32 Å². The monoisotopic (exact) mass is 631 g/mol. The molecule has 5 rings (SSSR count). The second-order valence-electron chi connectivity index (χ2n) is 9.10. The summed E-state index contributed by atoms with van der Waals surface area (Å²) in [6, 6.07) is 19.6. The summed E-state index contributed by atoms with van der Waals surface area (Å²) in [4.78, 5) is 16.8. The van der Waals surface area contributed by atoms with Crippen molar-refractivity contribution in [3.8, 4) is 5.69 Å².